The third-order valence-corrected chi connectivity index (χ3v) is 2.60. The lowest BCUT2D eigenvalue weighted by Crippen LogP contribution is -2.00. The maximum atomic E-state index is 11.0. The van der Waals surface area contributed by atoms with Crippen molar-refractivity contribution < 1.29 is 9.66 Å². The van der Waals surface area contributed by atoms with Crippen molar-refractivity contribution in [3.8, 4) is 11.6 Å². The molecule has 1 aromatic carbocycles. The summed E-state index contributed by atoms with van der Waals surface area (Å²) in [5.74, 6) is 1.52. The van der Waals surface area contributed by atoms with Crippen molar-refractivity contribution in [2.24, 2.45) is 0 Å². The van der Waals surface area contributed by atoms with Gasteiger partial charge in [0.1, 0.15) is 11.6 Å². The number of anilines is 1. The van der Waals surface area contributed by atoms with Crippen LogP contribution in [-0.4, -0.2) is 21.9 Å². The molecule has 20 heavy (non-hydrogen) atoms. The number of aromatic nitrogens is 2. The number of nitro groups is 1. The Morgan fingerprint density at radius 3 is 2.65 bits per heavy atom. The van der Waals surface area contributed by atoms with E-state index in [0.29, 0.717) is 11.6 Å². The monoisotopic (exact) mass is 274 g/mol. The molecule has 0 radical (unpaired) electrons. The molecule has 0 atom stereocenters. The van der Waals surface area contributed by atoms with Gasteiger partial charge in [-0.2, -0.15) is 4.98 Å². The summed E-state index contributed by atoms with van der Waals surface area (Å²) in [6, 6.07) is 6.26. The molecule has 7 nitrogen and oxygen atoms in total. The van der Waals surface area contributed by atoms with Crippen LogP contribution in [-0.2, 0) is 0 Å². The van der Waals surface area contributed by atoms with Gasteiger partial charge in [0, 0.05) is 19.2 Å². The first-order valence-corrected chi connectivity index (χ1v) is 5.96. The van der Waals surface area contributed by atoms with E-state index >= 15 is 0 Å². The van der Waals surface area contributed by atoms with Crippen molar-refractivity contribution in [1.29, 1.82) is 0 Å². The molecule has 1 N–H and O–H groups in total. The minimum absolute atomic E-state index is 0.0992. The number of hydrogen-bond acceptors (Lipinski definition) is 6. The summed E-state index contributed by atoms with van der Waals surface area (Å²) in [5.41, 5.74) is 0.767. The van der Waals surface area contributed by atoms with E-state index in [1.165, 1.54) is 6.07 Å². The summed E-state index contributed by atoms with van der Waals surface area (Å²) >= 11 is 0. The van der Waals surface area contributed by atoms with E-state index in [0.717, 1.165) is 5.56 Å². The van der Waals surface area contributed by atoms with Crippen molar-refractivity contribution in [2.75, 3.05) is 12.4 Å². The zero-order valence-electron chi connectivity index (χ0n) is 11.4. The Morgan fingerprint density at radius 1 is 1.25 bits per heavy atom. The zero-order chi connectivity index (χ0) is 14.7. The van der Waals surface area contributed by atoms with E-state index in [9.17, 15) is 10.1 Å². The maximum absolute atomic E-state index is 11.0. The molecule has 7 heteroatoms. The van der Waals surface area contributed by atoms with E-state index in [1.807, 2.05) is 6.92 Å². The van der Waals surface area contributed by atoms with Crippen LogP contribution in [0.25, 0.3) is 0 Å². The average molecular weight is 274 g/mol. The standard InChI is InChI=1S/C13H14N4O3/c1-8-4-5-10(17(18)19)11(6-8)20-13-7-12(14-3)15-9(2)16-13/h4-7H,1-3H3,(H,14,15,16). The van der Waals surface area contributed by atoms with Gasteiger partial charge in [-0.3, -0.25) is 10.1 Å². The lowest BCUT2D eigenvalue weighted by Gasteiger charge is -2.08. The first kappa shape index (κ1) is 13.7. The van der Waals surface area contributed by atoms with Crippen LogP contribution in [0.5, 0.6) is 11.6 Å². The third kappa shape index (κ3) is 3.00. The van der Waals surface area contributed by atoms with Gasteiger partial charge < -0.3 is 10.1 Å². The lowest BCUT2D eigenvalue weighted by molar-refractivity contribution is -0.385. The van der Waals surface area contributed by atoms with Crippen LogP contribution in [0.3, 0.4) is 0 Å². The number of aryl methyl sites for hydroxylation is 2. The highest BCUT2D eigenvalue weighted by Gasteiger charge is 2.16. The molecule has 0 bridgehead atoms. The number of hydrogen-bond donors (Lipinski definition) is 1. The Balaban J connectivity index is 2.41. The summed E-state index contributed by atoms with van der Waals surface area (Å²) in [5, 5.41) is 13.9. The van der Waals surface area contributed by atoms with E-state index in [2.05, 4.69) is 15.3 Å². The molecule has 0 unspecified atom stereocenters. The van der Waals surface area contributed by atoms with E-state index in [-0.39, 0.29) is 17.3 Å². The van der Waals surface area contributed by atoms with Crippen LogP contribution in [0.2, 0.25) is 0 Å². The molecule has 0 saturated heterocycles. The van der Waals surface area contributed by atoms with Crippen molar-refractivity contribution in [1.82, 2.24) is 9.97 Å². The Morgan fingerprint density at radius 2 is 2.00 bits per heavy atom. The van der Waals surface area contributed by atoms with Crippen LogP contribution in [0.4, 0.5) is 11.5 Å². The molecule has 1 aromatic heterocycles. The van der Waals surface area contributed by atoms with Gasteiger partial charge in [0.05, 0.1) is 4.92 Å². The van der Waals surface area contributed by atoms with Gasteiger partial charge in [-0.15, -0.1) is 0 Å². The fourth-order valence-electron chi connectivity index (χ4n) is 1.69. The predicted molar refractivity (Wildman–Crippen MR) is 74.2 cm³/mol. The summed E-state index contributed by atoms with van der Waals surface area (Å²) < 4.78 is 5.54. The lowest BCUT2D eigenvalue weighted by atomic mass is 10.2. The Kier molecular flexibility index (Phi) is 3.79. The van der Waals surface area contributed by atoms with Crippen LogP contribution in [0, 0.1) is 24.0 Å². The summed E-state index contributed by atoms with van der Waals surface area (Å²) in [6.45, 7) is 3.55. The van der Waals surface area contributed by atoms with Crippen LogP contribution < -0.4 is 10.1 Å². The number of rotatable bonds is 4. The SMILES string of the molecule is CNc1cc(Oc2cc(C)ccc2[N+](=O)[O-])nc(C)n1. The second-order valence-corrected chi connectivity index (χ2v) is 4.22. The van der Waals surface area contributed by atoms with E-state index in [4.69, 9.17) is 4.74 Å². The number of nitrogens with zero attached hydrogens (tertiary/aromatic N) is 3. The molecule has 2 rings (SSSR count). The number of ether oxygens (including phenoxy) is 1. The Labute approximate surface area is 115 Å². The molecular formula is C13H14N4O3. The molecule has 0 spiro atoms. The molecule has 0 fully saturated rings. The molecule has 0 aliphatic heterocycles. The topological polar surface area (TPSA) is 90.2 Å². The first-order chi connectivity index (χ1) is 9.49. The van der Waals surface area contributed by atoms with Crippen molar-refractivity contribution in [3.05, 3.63) is 45.8 Å². The largest absolute Gasteiger partial charge is 0.432 e. The van der Waals surface area contributed by atoms with Gasteiger partial charge >= 0.3 is 5.69 Å². The van der Waals surface area contributed by atoms with Gasteiger partial charge in [0.2, 0.25) is 11.6 Å². The summed E-state index contributed by atoms with van der Waals surface area (Å²) in [7, 11) is 1.72. The highest BCUT2D eigenvalue weighted by Crippen LogP contribution is 2.31. The van der Waals surface area contributed by atoms with Crippen molar-refractivity contribution in [3.63, 3.8) is 0 Å². The molecule has 0 amide bonds. The summed E-state index contributed by atoms with van der Waals surface area (Å²) in [4.78, 5) is 18.8. The second kappa shape index (κ2) is 5.52. The van der Waals surface area contributed by atoms with Crippen molar-refractivity contribution >= 4 is 11.5 Å². The fraction of sp³-hybridized carbons (Fsp3) is 0.231. The zero-order valence-corrected chi connectivity index (χ0v) is 11.4. The normalized spacial score (nSPS) is 10.2. The molecule has 0 aliphatic carbocycles. The summed E-state index contributed by atoms with van der Waals surface area (Å²) in [6.07, 6.45) is 0. The van der Waals surface area contributed by atoms with Crippen LogP contribution >= 0.6 is 0 Å². The molecule has 0 aliphatic rings. The second-order valence-electron chi connectivity index (χ2n) is 4.22. The molecule has 2 aromatic rings. The average Bonchev–Trinajstić information content (AvgIpc) is 2.37. The molecule has 0 saturated carbocycles. The van der Waals surface area contributed by atoms with E-state index in [1.54, 1.807) is 32.2 Å². The van der Waals surface area contributed by atoms with Gasteiger partial charge in [0.25, 0.3) is 0 Å². The third-order valence-electron chi connectivity index (χ3n) is 2.60. The quantitative estimate of drug-likeness (QED) is 0.681. The minimum Gasteiger partial charge on any atom is -0.432 e. The minimum atomic E-state index is -0.484. The van der Waals surface area contributed by atoms with Gasteiger partial charge in [-0.05, 0) is 25.5 Å². The highest BCUT2D eigenvalue weighted by atomic mass is 16.6. The number of nitro benzene ring substituents is 1. The van der Waals surface area contributed by atoms with Crippen LogP contribution in [0.15, 0.2) is 24.3 Å². The van der Waals surface area contributed by atoms with E-state index < -0.39 is 4.92 Å². The van der Waals surface area contributed by atoms with Crippen molar-refractivity contribution in [2.45, 2.75) is 13.8 Å². The highest BCUT2D eigenvalue weighted by molar-refractivity contribution is 5.50. The Hall–Kier alpha value is -2.70. The Bertz CT molecular complexity index is 658. The number of nitrogens with one attached hydrogen (secondary N) is 1. The van der Waals surface area contributed by atoms with Gasteiger partial charge in [0.15, 0.2) is 0 Å². The smallest absolute Gasteiger partial charge is 0.311 e. The van der Waals surface area contributed by atoms with Gasteiger partial charge in [-0.1, -0.05) is 6.07 Å². The number of benzene rings is 1. The predicted octanol–water partition coefficient (Wildman–Crippen LogP) is 2.84. The molecular weight excluding hydrogens is 260 g/mol. The molecule has 1 heterocycles. The maximum Gasteiger partial charge on any atom is 0.311 e. The fourth-order valence-corrected chi connectivity index (χ4v) is 1.69. The first-order valence-electron chi connectivity index (χ1n) is 5.96. The van der Waals surface area contributed by atoms with Gasteiger partial charge in [-0.25, -0.2) is 4.98 Å². The van der Waals surface area contributed by atoms with Crippen LogP contribution in [0.1, 0.15) is 11.4 Å². The molecule has 104 valence electrons.